The largest absolute Gasteiger partial charge is 0.313 e. The Morgan fingerprint density at radius 3 is 2.33 bits per heavy atom. The molecule has 118 valence electrons. The average molecular weight is 287 g/mol. The molecule has 0 spiro atoms. The van der Waals surface area contributed by atoms with Crippen LogP contribution in [0.25, 0.3) is 0 Å². The summed E-state index contributed by atoms with van der Waals surface area (Å²) in [4.78, 5) is 0. The van der Waals surface area contributed by atoms with Gasteiger partial charge in [0.25, 0.3) is 0 Å². The predicted molar refractivity (Wildman–Crippen MR) is 92.6 cm³/mol. The Morgan fingerprint density at radius 1 is 1.10 bits per heavy atom. The highest BCUT2D eigenvalue weighted by molar-refractivity contribution is 5.17. The van der Waals surface area contributed by atoms with Crippen LogP contribution in [0.3, 0.4) is 0 Å². The molecule has 1 aromatic carbocycles. The fourth-order valence-electron chi connectivity index (χ4n) is 4.26. The average Bonchev–Trinajstić information content (AvgIpc) is 2.93. The van der Waals surface area contributed by atoms with Gasteiger partial charge in [0.1, 0.15) is 0 Å². The van der Waals surface area contributed by atoms with E-state index in [0.717, 1.165) is 12.5 Å². The van der Waals surface area contributed by atoms with Gasteiger partial charge in [-0.3, -0.25) is 0 Å². The Bertz CT molecular complexity index is 390. The summed E-state index contributed by atoms with van der Waals surface area (Å²) < 4.78 is 0. The van der Waals surface area contributed by atoms with Gasteiger partial charge in [0, 0.05) is 6.04 Å². The highest BCUT2D eigenvalue weighted by Gasteiger charge is 2.41. The maximum absolute atomic E-state index is 3.91. The fraction of sp³-hybridized carbons (Fsp3) is 0.700. The van der Waals surface area contributed by atoms with Gasteiger partial charge in [-0.25, -0.2) is 0 Å². The molecule has 1 N–H and O–H groups in total. The molecular weight excluding hydrogens is 254 g/mol. The molecular formula is C20H33N. The molecule has 1 fully saturated rings. The van der Waals surface area contributed by atoms with E-state index in [1.807, 2.05) is 0 Å². The van der Waals surface area contributed by atoms with E-state index in [9.17, 15) is 0 Å². The Morgan fingerprint density at radius 2 is 1.76 bits per heavy atom. The summed E-state index contributed by atoms with van der Waals surface area (Å²) in [5, 5.41) is 3.91. The lowest BCUT2D eigenvalue weighted by Crippen LogP contribution is -2.46. The molecule has 0 bridgehead atoms. The SMILES string of the molecule is CCCNC(Cc1ccccc1)C1(CC(C)C)CCCC1. The summed E-state index contributed by atoms with van der Waals surface area (Å²) in [6, 6.07) is 11.7. The van der Waals surface area contributed by atoms with Crippen molar-refractivity contribution in [3.63, 3.8) is 0 Å². The van der Waals surface area contributed by atoms with E-state index in [2.05, 4.69) is 56.4 Å². The van der Waals surface area contributed by atoms with Crippen LogP contribution in [0.5, 0.6) is 0 Å². The molecule has 1 aromatic rings. The lowest BCUT2D eigenvalue weighted by Gasteiger charge is -2.40. The van der Waals surface area contributed by atoms with Crippen LogP contribution in [-0.4, -0.2) is 12.6 Å². The van der Waals surface area contributed by atoms with Crippen LogP contribution in [-0.2, 0) is 6.42 Å². The zero-order chi connectivity index (χ0) is 15.1. The molecule has 2 rings (SSSR count). The number of rotatable bonds is 8. The monoisotopic (exact) mass is 287 g/mol. The molecule has 1 saturated carbocycles. The Labute approximate surface area is 131 Å². The molecule has 1 atom stereocenters. The molecule has 1 unspecified atom stereocenters. The molecule has 0 amide bonds. The van der Waals surface area contributed by atoms with Crippen molar-refractivity contribution in [3.8, 4) is 0 Å². The molecule has 0 aliphatic heterocycles. The summed E-state index contributed by atoms with van der Waals surface area (Å²) in [5.41, 5.74) is 2.01. The first-order chi connectivity index (χ1) is 10.2. The van der Waals surface area contributed by atoms with E-state index in [4.69, 9.17) is 0 Å². The van der Waals surface area contributed by atoms with Crippen molar-refractivity contribution in [1.29, 1.82) is 0 Å². The van der Waals surface area contributed by atoms with E-state index in [1.165, 1.54) is 50.5 Å². The fourth-order valence-corrected chi connectivity index (χ4v) is 4.26. The van der Waals surface area contributed by atoms with Crippen molar-refractivity contribution in [2.24, 2.45) is 11.3 Å². The van der Waals surface area contributed by atoms with Gasteiger partial charge >= 0.3 is 0 Å². The van der Waals surface area contributed by atoms with Crippen molar-refractivity contribution in [1.82, 2.24) is 5.32 Å². The van der Waals surface area contributed by atoms with Gasteiger partial charge in [-0.05, 0) is 55.5 Å². The first kappa shape index (κ1) is 16.5. The molecule has 21 heavy (non-hydrogen) atoms. The number of hydrogen-bond acceptors (Lipinski definition) is 1. The van der Waals surface area contributed by atoms with Crippen LogP contribution < -0.4 is 5.32 Å². The van der Waals surface area contributed by atoms with Gasteiger partial charge in [0.2, 0.25) is 0 Å². The summed E-state index contributed by atoms with van der Waals surface area (Å²) in [6.07, 6.45) is 9.47. The zero-order valence-corrected chi connectivity index (χ0v) is 14.2. The third kappa shape index (κ3) is 4.57. The van der Waals surface area contributed by atoms with Crippen molar-refractivity contribution < 1.29 is 0 Å². The quantitative estimate of drug-likeness (QED) is 0.692. The molecule has 1 heteroatoms. The minimum absolute atomic E-state index is 0.527. The van der Waals surface area contributed by atoms with E-state index in [-0.39, 0.29) is 0 Å². The molecule has 0 radical (unpaired) electrons. The second-order valence-corrected chi connectivity index (χ2v) is 7.36. The second-order valence-electron chi connectivity index (χ2n) is 7.36. The van der Waals surface area contributed by atoms with Gasteiger partial charge < -0.3 is 5.32 Å². The smallest absolute Gasteiger partial charge is 0.0164 e. The van der Waals surface area contributed by atoms with E-state index >= 15 is 0 Å². The zero-order valence-electron chi connectivity index (χ0n) is 14.2. The molecule has 0 saturated heterocycles. The lowest BCUT2D eigenvalue weighted by atomic mass is 9.70. The Balaban J connectivity index is 2.15. The van der Waals surface area contributed by atoms with Crippen molar-refractivity contribution in [2.45, 2.75) is 71.8 Å². The van der Waals surface area contributed by atoms with Gasteiger partial charge in [-0.2, -0.15) is 0 Å². The molecule has 1 aliphatic rings. The van der Waals surface area contributed by atoms with Crippen LogP contribution in [0.2, 0.25) is 0 Å². The van der Waals surface area contributed by atoms with E-state index in [1.54, 1.807) is 0 Å². The number of nitrogens with one attached hydrogen (secondary N) is 1. The molecule has 0 heterocycles. The van der Waals surface area contributed by atoms with Gasteiger partial charge in [0.05, 0.1) is 0 Å². The maximum Gasteiger partial charge on any atom is 0.0164 e. The van der Waals surface area contributed by atoms with Gasteiger partial charge in [0.15, 0.2) is 0 Å². The van der Waals surface area contributed by atoms with Crippen LogP contribution in [0.15, 0.2) is 30.3 Å². The first-order valence-electron chi connectivity index (χ1n) is 8.93. The maximum atomic E-state index is 3.91. The Hall–Kier alpha value is -0.820. The standard InChI is InChI=1S/C20H33N/c1-4-14-21-19(15-18-10-6-5-7-11-18)20(16-17(2)3)12-8-9-13-20/h5-7,10-11,17,19,21H,4,8-9,12-16H2,1-3H3. The number of benzene rings is 1. The van der Waals surface area contributed by atoms with E-state index < -0.39 is 0 Å². The molecule has 1 nitrogen and oxygen atoms in total. The first-order valence-corrected chi connectivity index (χ1v) is 8.93. The lowest BCUT2D eigenvalue weighted by molar-refractivity contribution is 0.154. The van der Waals surface area contributed by atoms with Crippen LogP contribution >= 0.6 is 0 Å². The second kappa shape index (κ2) is 7.98. The van der Waals surface area contributed by atoms with Crippen LogP contribution in [0, 0.1) is 11.3 Å². The topological polar surface area (TPSA) is 12.0 Å². The summed E-state index contributed by atoms with van der Waals surface area (Å²) in [6.45, 7) is 8.20. The minimum Gasteiger partial charge on any atom is -0.313 e. The number of hydrogen-bond donors (Lipinski definition) is 1. The highest BCUT2D eigenvalue weighted by Crippen LogP contribution is 2.46. The summed E-state index contributed by atoms with van der Waals surface area (Å²) in [5.74, 6) is 0.796. The third-order valence-electron chi connectivity index (χ3n) is 5.08. The van der Waals surface area contributed by atoms with E-state index in [0.29, 0.717) is 11.5 Å². The van der Waals surface area contributed by atoms with Crippen molar-refractivity contribution >= 4 is 0 Å². The Kier molecular flexibility index (Phi) is 6.29. The predicted octanol–water partition coefficient (Wildman–Crippen LogP) is 5.20. The van der Waals surface area contributed by atoms with Crippen molar-refractivity contribution in [2.75, 3.05) is 6.54 Å². The molecule has 1 aliphatic carbocycles. The van der Waals surface area contributed by atoms with Crippen molar-refractivity contribution in [3.05, 3.63) is 35.9 Å². The van der Waals surface area contributed by atoms with Gasteiger partial charge in [-0.1, -0.05) is 63.9 Å². The van der Waals surface area contributed by atoms with Crippen LogP contribution in [0.1, 0.15) is 64.9 Å². The molecule has 0 aromatic heterocycles. The van der Waals surface area contributed by atoms with Gasteiger partial charge in [-0.15, -0.1) is 0 Å². The highest BCUT2D eigenvalue weighted by atomic mass is 14.9. The summed E-state index contributed by atoms with van der Waals surface area (Å²) in [7, 11) is 0. The normalized spacial score (nSPS) is 19.0. The third-order valence-corrected chi connectivity index (χ3v) is 5.08. The summed E-state index contributed by atoms with van der Waals surface area (Å²) >= 11 is 0. The van der Waals surface area contributed by atoms with Crippen LogP contribution in [0.4, 0.5) is 0 Å². The minimum atomic E-state index is 0.527.